The third-order valence-corrected chi connectivity index (χ3v) is 17.0. The number of hydrogen-bond acceptors (Lipinski definition) is 3. The highest BCUT2D eigenvalue weighted by Crippen LogP contribution is 2.48. The Bertz CT molecular complexity index is 4970. The summed E-state index contributed by atoms with van der Waals surface area (Å²) in [5.41, 5.74) is 19.4. The Hall–Kier alpha value is -8.94. The minimum atomic E-state index is -0.156. The zero-order chi connectivity index (χ0) is 50.0. The van der Waals surface area contributed by atoms with Crippen molar-refractivity contribution >= 4 is 132 Å². The summed E-state index contributed by atoms with van der Waals surface area (Å²) in [5, 5.41) is 11.3. The molecule has 0 fully saturated rings. The van der Waals surface area contributed by atoms with Gasteiger partial charge in [-0.25, -0.2) is 0 Å². The van der Waals surface area contributed by atoms with E-state index in [-0.39, 0.29) is 17.5 Å². The Kier molecular flexibility index (Phi) is 7.76. The van der Waals surface area contributed by atoms with Gasteiger partial charge in [0.25, 0.3) is 6.71 Å². The molecule has 0 saturated carbocycles. The number of nitrogens with zero attached hydrogens (tertiary/aromatic N) is 3. The van der Waals surface area contributed by atoms with Gasteiger partial charge in [0.15, 0.2) is 0 Å². The molecular formula is C68H48BN3O3. The highest BCUT2D eigenvalue weighted by molar-refractivity contribution is 6.99. The van der Waals surface area contributed by atoms with Gasteiger partial charge >= 0.3 is 0 Å². The molecule has 7 heterocycles. The first kappa shape index (κ1) is 41.5. The van der Waals surface area contributed by atoms with Crippen molar-refractivity contribution in [2.24, 2.45) is 0 Å². The molecule has 2 aliphatic heterocycles. The number of furan rings is 2. The number of fused-ring (bicyclic) bond motifs is 21. The van der Waals surface area contributed by atoms with E-state index in [4.69, 9.17) is 13.6 Å². The second-order valence-corrected chi connectivity index (χ2v) is 23.2. The Balaban J connectivity index is 1.01. The van der Waals surface area contributed by atoms with Gasteiger partial charge in [0, 0.05) is 60.2 Å². The fraction of sp³-hybridized carbons (Fsp3) is 0.118. The average Bonchev–Trinajstić information content (AvgIpc) is 4.28. The van der Waals surface area contributed by atoms with Crippen LogP contribution in [0, 0.1) is 0 Å². The highest BCUT2D eigenvalue weighted by atomic mass is 16.5. The van der Waals surface area contributed by atoms with Crippen LogP contribution < -0.4 is 21.1 Å². The molecule has 7 heteroatoms. The molecule has 0 unspecified atom stereocenters. The van der Waals surface area contributed by atoms with Crippen molar-refractivity contribution in [3.8, 4) is 28.6 Å². The second kappa shape index (κ2) is 14.0. The van der Waals surface area contributed by atoms with E-state index in [1.54, 1.807) is 0 Å². The monoisotopic (exact) mass is 965 g/mol. The van der Waals surface area contributed by atoms with Gasteiger partial charge in [0.1, 0.15) is 33.8 Å². The first-order valence-corrected chi connectivity index (χ1v) is 26.3. The van der Waals surface area contributed by atoms with Crippen LogP contribution in [0.25, 0.3) is 126 Å². The summed E-state index contributed by atoms with van der Waals surface area (Å²) in [6, 6.07) is 67.0. The van der Waals surface area contributed by atoms with Crippen molar-refractivity contribution in [3.05, 3.63) is 193 Å². The van der Waals surface area contributed by atoms with Crippen LogP contribution in [0.4, 0.5) is 0 Å². The molecule has 75 heavy (non-hydrogen) atoms. The molecule has 0 N–H and O–H groups in total. The molecule has 10 aromatic carbocycles. The average molecular weight is 966 g/mol. The normalized spacial score (nSPS) is 13.5. The lowest BCUT2D eigenvalue weighted by Crippen LogP contribution is -2.58. The van der Waals surface area contributed by atoms with Crippen LogP contribution in [0.1, 0.15) is 52.7 Å². The Morgan fingerprint density at radius 3 is 1.45 bits per heavy atom. The maximum atomic E-state index is 7.33. The largest absolute Gasteiger partial charge is 0.458 e. The predicted molar refractivity (Wildman–Crippen MR) is 313 cm³/mol. The molecule has 356 valence electrons. The van der Waals surface area contributed by atoms with E-state index >= 15 is 0 Å². The van der Waals surface area contributed by atoms with Gasteiger partial charge in [0.2, 0.25) is 0 Å². The molecule has 15 aromatic rings. The SMILES string of the molecule is CC(C)(C)c1ccc2c(c1)Oc1cc(C(C)(C)C)cc3c1B2c1cc2c4cc(-n5c6ccccc6c6ccccc65)ccc4oc2c2c4c5oc6ccc(-n7c8ccccc8c8ccccc87)cc6c5ccc4n-3c12. The van der Waals surface area contributed by atoms with Crippen molar-refractivity contribution in [1.82, 2.24) is 13.7 Å². The Labute approximate surface area is 431 Å². The standard InChI is InChI=1S/C68H48BN3O3/c1-67(2,3)37-23-27-49-59(32-37)73-60-33-38(68(4,5)6)31-56-63(60)69(49)50-36-48-47-35-40(71-53-21-13-9-17-43(53)44-18-10-14-22-54(44)71)25-30-58(47)75-66(48)62-61-55(72(56)64(50)62)28-26-45-46-34-39(24-29-57(46)74-65(45)61)70-51-19-11-7-15-41(51)42-16-8-12-20-52(42)70/h7-36H,1-6H3. The lowest BCUT2D eigenvalue weighted by atomic mass is 9.34. The summed E-state index contributed by atoms with van der Waals surface area (Å²) in [6.07, 6.45) is 0. The van der Waals surface area contributed by atoms with E-state index < -0.39 is 0 Å². The van der Waals surface area contributed by atoms with Gasteiger partial charge in [0.05, 0.1) is 43.9 Å². The number of rotatable bonds is 2. The Morgan fingerprint density at radius 2 is 0.893 bits per heavy atom. The summed E-state index contributed by atoms with van der Waals surface area (Å²) in [6.45, 7) is 13.6. The number of para-hydroxylation sites is 4. The maximum absolute atomic E-state index is 7.33. The molecular weight excluding hydrogens is 918 g/mol. The zero-order valence-electron chi connectivity index (χ0n) is 42.5. The van der Waals surface area contributed by atoms with E-state index in [0.29, 0.717) is 0 Å². The van der Waals surface area contributed by atoms with E-state index in [1.807, 2.05) is 0 Å². The molecule has 0 amide bonds. The van der Waals surface area contributed by atoms with Crippen LogP contribution in [-0.2, 0) is 10.8 Å². The topological polar surface area (TPSA) is 50.3 Å². The van der Waals surface area contributed by atoms with Crippen molar-refractivity contribution in [2.75, 3.05) is 0 Å². The van der Waals surface area contributed by atoms with E-state index in [9.17, 15) is 0 Å². The highest BCUT2D eigenvalue weighted by Gasteiger charge is 2.43. The predicted octanol–water partition coefficient (Wildman–Crippen LogP) is 16.3. The van der Waals surface area contributed by atoms with E-state index in [0.717, 1.165) is 94.2 Å². The first-order valence-electron chi connectivity index (χ1n) is 26.3. The molecule has 0 saturated heterocycles. The molecule has 0 spiro atoms. The summed E-state index contributed by atoms with van der Waals surface area (Å²) in [5.74, 6) is 1.83. The molecule has 0 aliphatic carbocycles. The van der Waals surface area contributed by atoms with Gasteiger partial charge < -0.3 is 27.3 Å². The quantitative estimate of drug-likeness (QED) is 0.162. The van der Waals surface area contributed by atoms with Crippen molar-refractivity contribution in [2.45, 2.75) is 52.4 Å². The smallest absolute Gasteiger partial charge is 0.256 e. The van der Waals surface area contributed by atoms with Crippen molar-refractivity contribution in [1.29, 1.82) is 0 Å². The van der Waals surface area contributed by atoms with Gasteiger partial charge in [-0.15, -0.1) is 0 Å². The fourth-order valence-electron chi connectivity index (χ4n) is 13.4. The van der Waals surface area contributed by atoms with Crippen LogP contribution in [0.2, 0.25) is 0 Å². The molecule has 6 nitrogen and oxygen atoms in total. The summed E-state index contributed by atoms with van der Waals surface area (Å²) in [4.78, 5) is 0. The molecule has 0 radical (unpaired) electrons. The van der Waals surface area contributed by atoms with Crippen LogP contribution in [0.3, 0.4) is 0 Å². The van der Waals surface area contributed by atoms with Crippen LogP contribution in [0.15, 0.2) is 191 Å². The van der Waals surface area contributed by atoms with Crippen LogP contribution >= 0.6 is 0 Å². The van der Waals surface area contributed by atoms with E-state index in [2.05, 4.69) is 237 Å². The molecule has 0 atom stereocenters. The maximum Gasteiger partial charge on any atom is 0.256 e. The number of hydrogen-bond donors (Lipinski definition) is 0. The van der Waals surface area contributed by atoms with Gasteiger partial charge in [-0.05, 0) is 129 Å². The van der Waals surface area contributed by atoms with Gasteiger partial charge in [-0.3, -0.25) is 0 Å². The lowest BCUT2D eigenvalue weighted by Gasteiger charge is -2.35. The molecule has 17 rings (SSSR count). The van der Waals surface area contributed by atoms with Gasteiger partial charge in [-0.2, -0.15) is 0 Å². The zero-order valence-corrected chi connectivity index (χ0v) is 42.5. The third kappa shape index (κ3) is 5.39. The second-order valence-electron chi connectivity index (χ2n) is 23.2. The molecule has 2 aliphatic rings. The van der Waals surface area contributed by atoms with Crippen LogP contribution in [-0.4, -0.2) is 20.4 Å². The number of benzene rings is 10. The Morgan fingerprint density at radius 1 is 0.373 bits per heavy atom. The van der Waals surface area contributed by atoms with Gasteiger partial charge in [-0.1, -0.05) is 133 Å². The summed E-state index contributed by atoms with van der Waals surface area (Å²) in [7, 11) is 0. The molecule has 5 aromatic heterocycles. The fourth-order valence-corrected chi connectivity index (χ4v) is 13.4. The van der Waals surface area contributed by atoms with Crippen LogP contribution in [0.5, 0.6) is 11.5 Å². The first-order chi connectivity index (χ1) is 36.5. The number of ether oxygens (including phenoxy) is 1. The number of aromatic nitrogens is 3. The summed E-state index contributed by atoms with van der Waals surface area (Å²) >= 11 is 0. The van der Waals surface area contributed by atoms with E-state index in [1.165, 1.54) is 71.1 Å². The summed E-state index contributed by atoms with van der Waals surface area (Å²) < 4.78 is 29.1. The minimum absolute atomic E-state index is 0.0613. The van der Waals surface area contributed by atoms with Crippen molar-refractivity contribution in [3.63, 3.8) is 0 Å². The minimum Gasteiger partial charge on any atom is -0.458 e. The molecule has 0 bridgehead atoms. The third-order valence-electron chi connectivity index (χ3n) is 17.0. The lowest BCUT2D eigenvalue weighted by molar-refractivity contribution is 0.479. The van der Waals surface area contributed by atoms with Crippen molar-refractivity contribution < 1.29 is 13.6 Å².